The number of carboxylic acid groups (broad SMARTS) is 1. The van der Waals surface area contributed by atoms with E-state index in [0.29, 0.717) is 45.8 Å². The first-order valence-corrected chi connectivity index (χ1v) is 7.62. The quantitative estimate of drug-likeness (QED) is 0.701. The van der Waals surface area contributed by atoms with Crippen molar-refractivity contribution in [3.63, 3.8) is 0 Å². The molecule has 0 aliphatic carbocycles. The molecule has 0 spiro atoms. The summed E-state index contributed by atoms with van der Waals surface area (Å²) in [5.74, 6) is -0.0182. The number of piperazine rings is 1. The van der Waals surface area contributed by atoms with Crippen LogP contribution in [0, 0.1) is 5.92 Å². The first kappa shape index (κ1) is 15.1. The van der Waals surface area contributed by atoms with Crippen molar-refractivity contribution in [2.24, 2.45) is 5.92 Å². The third-order valence-corrected chi connectivity index (χ3v) is 4.93. The van der Waals surface area contributed by atoms with Gasteiger partial charge in [-0.1, -0.05) is 0 Å². The van der Waals surface area contributed by atoms with Crippen LogP contribution >= 0.6 is 0 Å². The Kier molecular flexibility index (Phi) is 3.94. The summed E-state index contributed by atoms with van der Waals surface area (Å²) in [5.41, 5.74) is 0. The Balaban J connectivity index is 1.67. The number of rotatable bonds is 1. The molecule has 3 fully saturated rings. The maximum Gasteiger partial charge on any atom is 0.408 e. The van der Waals surface area contributed by atoms with Gasteiger partial charge in [0.05, 0.1) is 19.3 Å². The van der Waals surface area contributed by atoms with E-state index in [1.165, 1.54) is 11.8 Å². The number of carbonyl (C=O) groups excluding carboxylic acids is 2. The van der Waals surface area contributed by atoms with E-state index < -0.39 is 12.1 Å². The summed E-state index contributed by atoms with van der Waals surface area (Å²) in [4.78, 5) is 40.2. The van der Waals surface area contributed by atoms with Gasteiger partial charge in [0.15, 0.2) is 0 Å². The molecule has 0 aromatic carbocycles. The second-order valence-electron chi connectivity index (χ2n) is 6.14. The number of ether oxygens (including phenoxy) is 1. The fourth-order valence-electron chi connectivity index (χ4n) is 3.70. The summed E-state index contributed by atoms with van der Waals surface area (Å²) in [6, 6.07) is -0.815. The Labute approximate surface area is 128 Å². The number of hydrogen-bond donors (Lipinski definition) is 1. The number of carbonyl (C=O) groups is 3. The zero-order chi connectivity index (χ0) is 15.9. The normalized spacial score (nSPS) is 31.3. The van der Waals surface area contributed by atoms with Crippen molar-refractivity contribution in [1.29, 1.82) is 0 Å². The monoisotopic (exact) mass is 311 g/mol. The molecule has 0 unspecified atom stereocenters. The molecule has 0 aromatic heterocycles. The number of likely N-dealkylation sites (tertiary alicyclic amines) is 1. The van der Waals surface area contributed by atoms with E-state index in [1.54, 1.807) is 9.80 Å². The van der Waals surface area contributed by atoms with Crippen LogP contribution in [0.1, 0.15) is 13.3 Å². The van der Waals surface area contributed by atoms with Crippen LogP contribution in [0.2, 0.25) is 0 Å². The highest BCUT2D eigenvalue weighted by Crippen LogP contribution is 2.35. The molecule has 0 saturated carbocycles. The van der Waals surface area contributed by atoms with Crippen LogP contribution in [0.25, 0.3) is 0 Å². The minimum atomic E-state index is -1.06. The second-order valence-corrected chi connectivity index (χ2v) is 6.14. The van der Waals surface area contributed by atoms with Gasteiger partial charge < -0.3 is 19.6 Å². The zero-order valence-electron chi connectivity index (χ0n) is 12.6. The summed E-state index contributed by atoms with van der Waals surface area (Å²) >= 11 is 0. The molecule has 8 heteroatoms. The first-order valence-electron chi connectivity index (χ1n) is 7.62. The minimum absolute atomic E-state index is 0.00630. The Morgan fingerprint density at radius 3 is 2.27 bits per heavy atom. The molecule has 22 heavy (non-hydrogen) atoms. The number of amides is 3. The van der Waals surface area contributed by atoms with E-state index in [9.17, 15) is 19.5 Å². The molecular weight excluding hydrogens is 290 g/mol. The summed E-state index contributed by atoms with van der Waals surface area (Å²) < 4.78 is 5.33. The van der Waals surface area contributed by atoms with Crippen LogP contribution in [0.3, 0.4) is 0 Å². The minimum Gasteiger partial charge on any atom is -0.465 e. The topological polar surface area (TPSA) is 90.4 Å². The highest BCUT2D eigenvalue weighted by Gasteiger charge is 2.50. The van der Waals surface area contributed by atoms with Crippen molar-refractivity contribution >= 4 is 17.9 Å². The fraction of sp³-hybridized carbons (Fsp3) is 0.786. The largest absolute Gasteiger partial charge is 0.465 e. The van der Waals surface area contributed by atoms with Gasteiger partial charge in [-0.05, 0) is 6.42 Å². The molecule has 3 aliphatic heterocycles. The molecule has 3 aliphatic rings. The van der Waals surface area contributed by atoms with Crippen LogP contribution in [0.4, 0.5) is 4.79 Å². The number of fused-ring (bicyclic) bond motifs is 1. The van der Waals surface area contributed by atoms with E-state index in [2.05, 4.69) is 0 Å². The maximum absolute atomic E-state index is 12.7. The van der Waals surface area contributed by atoms with Crippen molar-refractivity contribution < 1.29 is 24.2 Å². The lowest BCUT2D eigenvalue weighted by Gasteiger charge is -2.37. The molecule has 122 valence electrons. The second kappa shape index (κ2) is 5.75. The fourth-order valence-corrected chi connectivity index (χ4v) is 3.70. The van der Waals surface area contributed by atoms with Crippen LogP contribution in [-0.4, -0.2) is 89.2 Å². The molecule has 3 rings (SSSR count). The van der Waals surface area contributed by atoms with Gasteiger partial charge >= 0.3 is 6.09 Å². The van der Waals surface area contributed by atoms with Gasteiger partial charge in [0.1, 0.15) is 6.04 Å². The molecule has 8 nitrogen and oxygen atoms in total. The van der Waals surface area contributed by atoms with Crippen LogP contribution in [-0.2, 0) is 14.3 Å². The molecule has 0 bridgehead atoms. The maximum atomic E-state index is 12.7. The van der Waals surface area contributed by atoms with Gasteiger partial charge in [-0.2, -0.15) is 0 Å². The Hall–Kier alpha value is -1.83. The molecule has 3 heterocycles. The smallest absolute Gasteiger partial charge is 0.408 e. The highest BCUT2D eigenvalue weighted by molar-refractivity contribution is 5.86. The highest BCUT2D eigenvalue weighted by atomic mass is 16.5. The summed E-state index contributed by atoms with van der Waals surface area (Å²) in [6.07, 6.45) is -0.526. The summed E-state index contributed by atoms with van der Waals surface area (Å²) in [6.45, 7) is 4.37. The molecule has 0 radical (unpaired) electrons. The standard InChI is InChI=1S/C14H21N3O5/c1-9(18)15-2-4-16(5-3-15)13(19)11-6-10-7-22-8-12(10)17(11)14(20)21/h10-12H,2-8H2,1H3,(H,20,21)/t10-,11-,12+/m0/s1. The predicted octanol–water partition coefficient (Wildman–Crippen LogP) is -0.556. The molecule has 3 saturated heterocycles. The van der Waals surface area contributed by atoms with Gasteiger partial charge in [-0.25, -0.2) is 4.79 Å². The van der Waals surface area contributed by atoms with Gasteiger partial charge in [0.25, 0.3) is 0 Å². The molecule has 0 aromatic rings. The Morgan fingerprint density at radius 2 is 1.68 bits per heavy atom. The first-order chi connectivity index (χ1) is 10.5. The van der Waals surface area contributed by atoms with Crippen LogP contribution in [0.5, 0.6) is 0 Å². The van der Waals surface area contributed by atoms with E-state index in [0.717, 1.165) is 0 Å². The van der Waals surface area contributed by atoms with Crippen LogP contribution < -0.4 is 0 Å². The average Bonchev–Trinajstić information content (AvgIpc) is 3.06. The van der Waals surface area contributed by atoms with Crippen LogP contribution in [0.15, 0.2) is 0 Å². The van der Waals surface area contributed by atoms with E-state index in [-0.39, 0.29) is 23.8 Å². The summed E-state index contributed by atoms with van der Waals surface area (Å²) in [5, 5.41) is 9.44. The SMILES string of the molecule is CC(=O)N1CCN(C(=O)[C@@H]2C[C@H]3COC[C@H]3N2C(=O)O)CC1. The molecule has 3 atom stereocenters. The van der Waals surface area contributed by atoms with Crippen molar-refractivity contribution in [2.45, 2.75) is 25.4 Å². The van der Waals surface area contributed by atoms with E-state index in [4.69, 9.17) is 4.74 Å². The number of hydrogen-bond acceptors (Lipinski definition) is 4. The van der Waals surface area contributed by atoms with Gasteiger partial charge in [-0.15, -0.1) is 0 Å². The average molecular weight is 311 g/mol. The molecular formula is C14H21N3O5. The third kappa shape index (κ3) is 2.51. The van der Waals surface area contributed by atoms with Crippen molar-refractivity contribution in [3.05, 3.63) is 0 Å². The lowest BCUT2D eigenvalue weighted by molar-refractivity contribution is -0.141. The predicted molar refractivity (Wildman–Crippen MR) is 75.2 cm³/mol. The van der Waals surface area contributed by atoms with Crippen molar-refractivity contribution in [1.82, 2.24) is 14.7 Å². The van der Waals surface area contributed by atoms with E-state index in [1.807, 2.05) is 0 Å². The number of nitrogens with zero attached hydrogens (tertiary/aromatic N) is 3. The van der Waals surface area contributed by atoms with Crippen molar-refractivity contribution in [2.75, 3.05) is 39.4 Å². The third-order valence-electron chi connectivity index (χ3n) is 4.93. The van der Waals surface area contributed by atoms with Crippen molar-refractivity contribution in [3.8, 4) is 0 Å². The van der Waals surface area contributed by atoms with Gasteiger partial charge in [-0.3, -0.25) is 14.5 Å². The Bertz CT molecular complexity index is 489. The lowest BCUT2D eigenvalue weighted by atomic mass is 10.0. The van der Waals surface area contributed by atoms with Gasteiger partial charge in [0, 0.05) is 39.0 Å². The van der Waals surface area contributed by atoms with E-state index >= 15 is 0 Å². The summed E-state index contributed by atoms with van der Waals surface area (Å²) in [7, 11) is 0. The zero-order valence-corrected chi connectivity index (χ0v) is 12.6. The lowest BCUT2D eigenvalue weighted by Crippen LogP contribution is -2.56. The molecule has 3 amide bonds. The van der Waals surface area contributed by atoms with Gasteiger partial charge in [0.2, 0.25) is 11.8 Å². The molecule has 1 N–H and O–H groups in total. The Morgan fingerprint density at radius 1 is 1.05 bits per heavy atom.